The maximum absolute atomic E-state index is 2.22. The largest absolute Gasteiger partial charge is 0.129 e. The van der Waals surface area contributed by atoms with Gasteiger partial charge in [-0.25, -0.2) is 0 Å². The summed E-state index contributed by atoms with van der Waals surface area (Å²) in [6.45, 7) is 2.19. The lowest BCUT2D eigenvalue weighted by Crippen LogP contribution is -1.86. The van der Waals surface area contributed by atoms with Gasteiger partial charge in [-0.2, -0.15) is 0 Å². The zero-order valence-corrected chi connectivity index (χ0v) is 15.1. The Bertz CT molecular complexity index is 776. The normalized spacial score (nSPS) is 10.7. The molecule has 0 spiro atoms. The average Bonchev–Trinajstić information content (AvgIpc) is 2.63. The van der Waals surface area contributed by atoms with E-state index >= 15 is 0 Å². The standard InChI is InChI=1S/C21H20S2/c1-3-16-12-14-17(15-13-16)23-21-11-7-5-9-19(21)18-8-4-6-10-20(18)22-2/h4-15H,3H2,1-2H3. The molecule has 2 heteroatoms. The number of hydrogen-bond acceptors (Lipinski definition) is 2. The maximum Gasteiger partial charge on any atom is 0.0201 e. The summed E-state index contributed by atoms with van der Waals surface area (Å²) in [5.41, 5.74) is 4.01. The van der Waals surface area contributed by atoms with Gasteiger partial charge in [-0.05, 0) is 53.6 Å². The molecule has 0 saturated heterocycles. The highest BCUT2D eigenvalue weighted by atomic mass is 32.2. The smallest absolute Gasteiger partial charge is 0.0201 e. The lowest BCUT2D eigenvalue weighted by atomic mass is 10.1. The number of aryl methyl sites for hydroxylation is 1. The molecule has 3 aromatic rings. The highest BCUT2D eigenvalue weighted by molar-refractivity contribution is 7.99. The molecule has 0 bridgehead atoms. The average molecular weight is 337 g/mol. The zero-order chi connectivity index (χ0) is 16.1. The summed E-state index contributed by atoms with van der Waals surface area (Å²) in [5, 5.41) is 0. The summed E-state index contributed by atoms with van der Waals surface area (Å²) in [5.74, 6) is 0. The molecule has 0 aliphatic heterocycles. The first kappa shape index (κ1) is 16.2. The van der Waals surface area contributed by atoms with Crippen LogP contribution in [-0.4, -0.2) is 6.26 Å². The summed E-state index contributed by atoms with van der Waals surface area (Å²) in [6, 6.07) is 26.2. The molecule has 0 fully saturated rings. The second-order valence-corrected chi connectivity index (χ2v) is 7.26. The Labute approximate surface area is 147 Å². The molecule has 0 N–H and O–H groups in total. The Morgan fingerprint density at radius 3 is 1.87 bits per heavy atom. The van der Waals surface area contributed by atoms with E-state index in [9.17, 15) is 0 Å². The quantitative estimate of drug-likeness (QED) is 0.470. The van der Waals surface area contributed by atoms with Gasteiger partial charge in [0.25, 0.3) is 0 Å². The summed E-state index contributed by atoms with van der Waals surface area (Å²) in [7, 11) is 0. The first-order valence-corrected chi connectivity index (χ1v) is 9.85. The first-order chi connectivity index (χ1) is 11.3. The Hall–Kier alpha value is -1.64. The second-order valence-electron chi connectivity index (χ2n) is 5.30. The van der Waals surface area contributed by atoms with Crippen LogP contribution in [0.15, 0.2) is 87.5 Å². The van der Waals surface area contributed by atoms with Crippen LogP contribution in [0.2, 0.25) is 0 Å². The zero-order valence-electron chi connectivity index (χ0n) is 13.5. The fourth-order valence-electron chi connectivity index (χ4n) is 2.57. The van der Waals surface area contributed by atoms with Crippen molar-refractivity contribution < 1.29 is 0 Å². The minimum Gasteiger partial charge on any atom is -0.129 e. The SMILES string of the molecule is CCc1ccc(Sc2ccccc2-c2ccccc2SC)cc1. The minimum atomic E-state index is 1.09. The van der Waals surface area contributed by atoms with Crippen LogP contribution in [0, 0.1) is 0 Å². The molecular formula is C21H20S2. The molecule has 0 atom stereocenters. The van der Waals surface area contributed by atoms with E-state index in [1.807, 2.05) is 11.8 Å². The lowest BCUT2D eigenvalue weighted by molar-refractivity contribution is 1.13. The van der Waals surface area contributed by atoms with Crippen molar-refractivity contribution >= 4 is 23.5 Å². The minimum absolute atomic E-state index is 1.09. The Balaban J connectivity index is 1.97. The lowest BCUT2D eigenvalue weighted by Gasteiger charge is -2.12. The number of benzene rings is 3. The molecule has 0 heterocycles. The van der Waals surface area contributed by atoms with Gasteiger partial charge in [0.1, 0.15) is 0 Å². The van der Waals surface area contributed by atoms with Crippen molar-refractivity contribution in [3.8, 4) is 11.1 Å². The third kappa shape index (κ3) is 3.82. The number of hydrogen-bond donors (Lipinski definition) is 0. The topological polar surface area (TPSA) is 0 Å². The van der Waals surface area contributed by atoms with Crippen molar-refractivity contribution in [2.75, 3.05) is 6.26 Å². The van der Waals surface area contributed by atoms with Gasteiger partial charge in [0, 0.05) is 14.7 Å². The summed E-state index contributed by atoms with van der Waals surface area (Å²) >= 11 is 3.64. The third-order valence-electron chi connectivity index (χ3n) is 3.84. The van der Waals surface area contributed by atoms with Gasteiger partial charge in [0.05, 0.1) is 0 Å². The van der Waals surface area contributed by atoms with E-state index in [4.69, 9.17) is 0 Å². The molecular weight excluding hydrogens is 316 g/mol. The van der Waals surface area contributed by atoms with Gasteiger partial charge in [-0.15, -0.1) is 11.8 Å². The van der Waals surface area contributed by atoms with Crippen LogP contribution in [-0.2, 0) is 6.42 Å². The second kappa shape index (κ2) is 7.76. The van der Waals surface area contributed by atoms with Crippen molar-refractivity contribution in [3.05, 3.63) is 78.4 Å². The summed E-state index contributed by atoms with van der Waals surface area (Å²) in [6.07, 6.45) is 3.22. The van der Waals surface area contributed by atoms with E-state index in [-0.39, 0.29) is 0 Å². The highest BCUT2D eigenvalue weighted by Gasteiger charge is 2.09. The fourth-order valence-corrected chi connectivity index (χ4v) is 4.14. The molecule has 3 aromatic carbocycles. The third-order valence-corrected chi connectivity index (χ3v) is 5.72. The summed E-state index contributed by atoms with van der Waals surface area (Å²) < 4.78 is 0. The van der Waals surface area contributed by atoms with E-state index < -0.39 is 0 Å². The summed E-state index contributed by atoms with van der Waals surface area (Å²) in [4.78, 5) is 3.91. The van der Waals surface area contributed by atoms with Gasteiger partial charge in [0.15, 0.2) is 0 Å². The van der Waals surface area contributed by atoms with E-state index in [1.54, 1.807) is 11.8 Å². The highest BCUT2D eigenvalue weighted by Crippen LogP contribution is 2.39. The van der Waals surface area contributed by atoms with Crippen molar-refractivity contribution in [1.29, 1.82) is 0 Å². The van der Waals surface area contributed by atoms with Gasteiger partial charge < -0.3 is 0 Å². The van der Waals surface area contributed by atoms with Crippen LogP contribution in [0.5, 0.6) is 0 Å². The monoisotopic (exact) mass is 336 g/mol. The van der Waals surface area contributed by atoms with E-state index in [1.165, 1.54) is 31.4 Å². The molecule has 0 nitrogen and oxygen atoms in total. The van der Waals surface area contributed by atoms with Gasteiger partial charge in [-0.1, -0.05) is 67.2 Å². The molecule has 0 unspecified atom stereocenters. The molecule has 0 radical (unpaired) electrons. The van der Waals surface area contributed by atoms with Gasteiger partial charge in [0.2, 0.25) is 0 Å². The molecule has 0 saturated carbocycles. The van der Waals surface area contributed by atoms with Gasteiger partial charge in [-0.3, -0.25) is 0 Å². The van der Waals surface area contributed by atoms with Crippen LogP contribution in [0.1, 0.15) is 12.5 Å². The van der Waals surface area contributed by atoms with Gasteiger partial charge >= 0.3 is 0 Å². The molecule has 23 heavy (non-hydrogen) atoms. The van der Waals surface area contributed by atoms with E-state index in [0.29, 0.717) is 0 Å². The van der Waals surface area contributed by atoms with Crippen LogP contribution in [0.4, 0.5) is 0 Å². The predicted octanol–water partition coefficient (Wildman–Crippen LogP) is 6.79. The molecule has 3 rings (SSSR count). The molecule has 0 aromatic heterocycles. The van der Waals surface area contributed by atoms with Crippen LogP contribution in [0.3, 0.4) is 0 Å². The van der Waals surface area contributed by atoms with Crippen LogP contribution in [0.25, 0.3) is 11.1 Å². The Morgan fingerprint density at radius 2 is 1.26 bits per heavy atom. The van der Waals surface area contributed by atoms with Crippen molar-refractivity contribution in [2.45, 2.75) is 28.0 Å². The molecule has 0 aliphatic rings. The Morgan fingerprint density at radius 1 is 0.696 bits per heavy atom. The number of rotatable bonds is 5. The van der Waals surface area contributed by atoms with Crippen LogP contribution >= 0.6 is 23.5 Å². The molecule has 116 valence electrons. The van der Waals surface area contributed by atoms with E-state index in [2.05, 4.69) is 86.0 Å². The predicted molar refractivity (Wildman–Crippen MR) is 104 cm³/mol. The van der Waals surface area contributed by atoms with Crippen molar-refractivity contribution in [1.82, 2.24) is 0 Å². The van der Waals surface area contributed by atoms with Crippen LogP contribution < -0.4 is 0 Å². The first-order valence-electron chi connectivity index (χ1n) is 7.81. The number of thioether (sulfide) groups is 1. The maximum atomic E-state index is 2.22. The molecule has 0 amide bonds. The Kier molecular flexibility index (Phi) is 5.47. The van der Waals surface area contributed by atoms with Crippen molar-refractivity contribution in [3.63, 3.8) is 0 Å². The van der Waals surface area contributed by atoms with Crippen molar-refractivity contribution in [2.24, 2.45) is 0 Å². The fraction of sp³-hybridized carbons (Fsp3) is 0.143. The van der Waals surface area contributed by atoms with E-state index in [0.717, 1.165) is 6.42 Å². The molecule has 0 aliphatic carbocycles.